The molecule has 8 heteroatoms. The van der Waals surface area contributed by atoms with E-state index in [1.54, 1.807) is 66.7 Å². The fourth-order valence-electron chi connectivity index (χ4n) is 5.45. The molecule has 0 bridgehead atoms. The van der Waals surface area contributed by atoms with Crippen LogP contribution in [-0.2, 0) is 14.3 Å². The highest BCUT2D eigenvalue weighted by Gasteiger charge is 2.74. The first-order valence-electron chi connectivity index (χ1n) is 11.0. The van der Waals surface area contributed by atoms with Gasteiger partial charge in [0.25, 0.3) is 0 Å². The zero-order valence-corrected chi connectivity index (χ0v) is 20.7. The smallest absolute Gasteiger partial charge is 0.241 e. The number of anilines is 1. The van der Waals surface area contributed by atoms with E-state index in [0.29, 0.717) is 16.3 Å². The Morgan fingerprint density at radius 1 is 0.886 bits per heavy atom. The average molecular weight is 551 g/mol. The zero-order valence-electron chi connectivity index (χ0n) is 18.3. The minimum Gasteiger partial charge on any atom is -0.349 e. The molecule has 0 unspecified atom stereocenters. The Bertz CT molecular complexity index is 1430. The Morgan fingerprint density at radius 3 is 2.11 bits per heavy atom. The second-order valence-corrected chi connectivity index (χ2v) is 10.3. The monoisotopic (exact) mass is 549 g/mol. The van der Waals surface area contributed by atoms with Gasteiger partial charge in [0.05, 0.1) is 23.6 Å². The highest BCUT2D eigenvalue weighted by molar-refractivity contribution is 9.10. The van der Waals surface area contributed by atoms with Gasteiger partial charge in [-0.25, -0.2) is 4.90 Å². The number of hydrogen-bond acceptors (Lipinski definition) is 5. The van der Waals surface area contributed by atoms with Gasteiger partial charge in [-0.2, -0.15) is 0 Å². The molecule has 0 aromatic heterocycles. The van der Waals surface area contributed by atoms with Gasteiger partial charge in [-0.3, -0.25) is 19.2 Å². The molecular formula is C27H17BrClNO5. The molecule has 6 rings (SSSR count). The minimum atomic E-state index is -2.10. The maximum absolute atomic E-state index is 13.9. The van der Waals surface area contributed by atoms with E-state index in [2.05, 4.69) is 15.9 Å². The lowest BCUT2D eigenvalue weighted by Crippen LogP contribution is -2.51. The second kappa shape index (κ2) is 7.68. The van der Waals surface area contributed by atoms with E-state index in [1.165, 1.54) is 0 Å². The summed E-state index contributed by atoms with van der Waals surface area (Å²) in [5.74, 6) is -4.69. The van der Waals surface area contributed by atoms with Crippen molar-refractivity contribution in [3.8, 4) is 0 Å². The third-order valence-electron chi connectivity index (χ3n) is 7.13. The van der Waals surface area contributed by atoms with Gasteiger partial charge in [0.15, 0.2) is 0 Å². The number of ether oxygens (including phenoxy) is 1. The number of carbonyl (C=O) groups is 4. The van der Waals surface area contributed by atoms with Crippen LogP contribution in [0.3, 0.4) is 0 Å². The SMILES string of the molecule is Cc1ccc(N2C(=O)[C@H]3[C@@H](c4ccc(Br)cc4)OC4(C(=O)c5ccccc5C4=O)[C@@H]3C2=O)cc1Cl. The van der Waals surface area contributed by atoms with Crippen LogP contribution in [0.15, 0.2) is 71.2 Å². The standard InChI is InChI=1S/C27H17BrClNO5/c1-13-6-11-16(12-19(13)29)30-25(33)20-21(26(30)34)27(35-22(20)14-7-9-15(28)10-8-14)23(31)17-4-2-3-5-18(17)24(27)32/h2-12,20-22H,1H3/t20-,21+,22-/m1/s1. The normalized spacial score (nSPS) is 24.4. The van der Waals surface area contributed by atoms with Crippen molar-refractivity contribution in [1.29, 1.82) is 0 Å². The van der Waals surface area contributed by atoms with Crippen LogP contribution in [0, 0.1) is 18.8 Å². The molecule has 2 saturated heterocycles. The van der Waals surface area contributed by atoms with E-state index in [-0.39, 0.29) is 11.1 Å². The molecule has 0 saturated carbocycles. The van der Waals surface area contributed by atoms with Crippen molar-refractivity contribution in [3.05, 3.63) is 98.5 Å². The van der Waals surface area contributed by atoms with Gasteiger partial charge >= 0.3 is 0 Å². The third kappa shape index (κ3) is 2.92. The first-order chi connectivity index (χ1) is 16.8. The van der Waals surface area contributed by atoms with Crippen molar-refractivity contribution in [2.45, 2.75) is 18.6 Å². The molecule has 3 aliphatic rings. The molecule has 2 amide bonds. The van der Waals surface area contributed by atoms with Crippen LogP contribution in [-0.4, -0.2) is 29.0 Å². The van der Waals surface area contributed by atoms with Crippen LogP contribution in [0.2, 0.25) is 5.02 Å². The lowest BCUT2D eigenvalue weighted by Gasteiger charge is -2.27. The molecule has 1 spiro atoms. The Labute approximate surface area is 214 Å². The van der Waals surface area contributed by atoms with E-state index in [4.69, 9.17) is 16.3 Å². The second-order valence-electron chi connectivity index (χ2n) is 8.98. The number of rotatable bonds is 2. The van der Waals surface area contributed by atoms with Gasteiger partial charge in [0.2, 0.25) is 29.0 Å². The number of ketones is 2. The zero-order chi connectivity index (χ0) is 24.6. The number of aryl methyl sites for hydroxylation is 1. The largest absolute Gasteiger partial charge is 0.349 e. The first kappa shape index (κ1) is 22.3. The number of carbonyl (C=O) groups excluding carboxylic acids is 4. The van der Waals surface area contributed by atoms with Crippen LogP contribution < -0.4 is 4.90 Å². The van der Waals surface area contributed by atoms with Gasteiger partial charge in [0, 0.05) is 20.6 Å². The summed E-state index contributed by atoms with van der Waals surface area (Å²) >= 11 is 9.68. The number of halogens is 2. The maximum atomic E-state index is 13.9. The highest BCUT2D eigenvalue weighted by Crippen LogP contribution is 2.57. The van der Waals surface area contributed by atoms with Crippen LogP contribution >= 0.6 is 27.5 Å². The minimum absolute atomic E-state index is 0.199. The fourth-order valence-corrected chi connectivity index (χ4v) is 5.89. The number of nitrogens with zero attached hydrogens (tertiary/aromatic N) is 1. The summed E-state index contributed by atoms with van der Waals surface area (Å²) in [6.45, 7) is 1.81. The lowest BCUT2D eigenvalue weighted by molar-refractivity contribution is -0.127. The quantitative estimate of drug-likeness (QED) is 0.327. The Morgan fingerprint density at radius 2 is 1.51 bits per heavy atom. The van der Waals surface area contributed by atoms with E-state index in [9.17, 15) is 19.2 Å². The Balaban J connectivity index is 1.54. The predicted molar refractivity (Wildman–Crippen MR) is 131 cm³/mol. The highest BCUT2D eigenvalue weighted by atomic mass is 79.9. The molecular weight excluding hydrogens is 534 g/mol. The van der Waals surface area contributed by atoms with E-state index in [1.807, 2.05) is 6.92 Å². The molecule has 35 heavy (non-hydrogen) atoms. The molecule has 174 valence electrons. The van der Waals surface area contributed by atoms with Crippen molar-refractivity contribution < 1.29 is 23.9 Å². The van der Waals surface area contributed by atoms with Gasteiger partial charge in [-0.15, -0.1) is 0 Å². The molecule has 0 N–H and O–H groups in total. The summed E-state index contributed by atoms with van der Waals surface area (Å²) in [6, 6.07) is 18.4. The molecule has 6 nitrogen and oxygen atoms in total. The molecule has 3 aromatic rings. The number of amides is 2. The molecule has 2 heterocycles. The fraction of sp³-hybridized carbons (Fsp3) is 0.185. The summed E-state index contributed by atoms with van der Waals surface area (Å²) in [4.78, 5) is 56.2. The predicted octanol–water partition coefficient (Wildman–Crippen LogP) is 5.11. The summed E-state index contributed by atoms with van der Waals surface area (Å²) in [5, 5.41) is 0.399. The number of benzene rings is 3. The van der Waals surface area contributed by atoms with Crippen molar-refractivity contribution >= 4 is 56.6 Å². The summed E-state index contributed by atoms with van der Waals surface area (Å²) < 4.78 is 7.08. The van der Waals surface area contributed by atoms with Gasteiger partial charge in [-0.1, -0.05) is 70.0 Å². The molecule has 1 aliphatic carbocycles. The number of imide groups is 1. The average Bonchev–Trinajstić information content (AvgIpc) is 3.41. The van der Waals surface area contributed by atoms with Crippen LogP contribution in [0.25, 0.3) is 0 Å². The van der Waals surface area contributed by atoms with Crippen LogP contribution in [0.4, 0.5) is 5.69 Å². The van der Waals surface area contributed by atoms with Gasteiger partial charge in [0.1, 0.15) is 0 Å². The lowest BCUT2D eigenvalue weighted by atomic mass is 9.77. The van der Waals surface area contributed by atoms with E-state index in [0.717, 1.165) is 14.9 Å². The summed E-state index contributed by atoms with van der Waals surface area (Å²) in [6.07, 6.45) is -0.960. The van der Waals surface area contributed by atoms with Crippen molar-refractivity contribution in [3.63, 3.8) is 0 Å². The number of fused-ring (bicyclic) bond motifs is 3. The van der Waals surface area contributed by atoms with Gasteiger partial charge in [-0.05, 0) is 42.3 Å². The Kier molecular flexibility index (Phi) is 4.90. The van der Waals surface area contributed by atoms with Crippen LogP contribution in [0.5, 0.6) is 0 Å². The topological polar surface area (TPSA) is 80.8 Å². The van der Waals surface area contributed by atoms with Crippen LogP contribution in [0.1, 0.15) is 37.9 Å². The molecule has 3 atom stereocenters. The third-order valence-corrected chi connectivity index (χ3v) is 8.07. The van der Waals surface area contributed by atoms with E-state index < -0.39 is 46.9 Å². The van der Waals surface area contributed by atoms with Crippen molar-refractivity contribution in [2.75, 3.05) is 4.90 Å². The molecule has 3 aromatic carbocycles. The molecule has 2 fully saturated rings. The maximum Gasteiger partial charge on any atom is 0.241 e. The van der Waals surface area contributed by atoms with Crippen molar-refractivity contribution in [2.24, 2.45) is 11.8 Å². The molecule has 0 radical (unpaired) electrons. The first-order valence-corrected chi connectivity index (χ1v) is 12.2. The summed E-state index contributed by atoms with van der Waals surface area (Å²) in [5.41, 5.74) is -0.0117. The summed E-state index contributed by atoms with van der Waals surface area (Å²) in [7, 11) is 0. The molecule has 2 aliphatic heterocycles. The number of hydrogen-bond donors (Lipinski definition) is 0. The Hall–Kier alpha value is -3.13. The van der Waals surface area contributed by atoms with Crippen molar-refractivity contribution in [1.82, 2.24) is 0 Å². The number of Topliss-reactive ketones (excluding diaryl/α,β-unsaturated/α-hetero) is 2. The van der Waals surface area contributed by atoms with Gasteiger partial charge < -0.3 is 4.74 Å². The van der Waals surface area contributed by atoms with E-state index >= 15 is 0 Å².